The normalized spacial score (nSPS) is 11.2. The van der Waals surface area contributed by atoms with Gasteiger partial charge in [0.05, 0.1) is 17.1 Å². The van der Waals surface area contributed by atoms with E-state index in [0.717, 1.165) is 39.0 Å². The summed E-state index contributed by atoms with van der Waals surface area (Å²) in [6.07, 6.45) is 3.97. The summed E-state index contributed by atoms with van der Waals surface area (Å²) in [6.45, 7) is 4.46. The van der Waals surface area contributed by atoms with Crippen LogP contribution in [0.3, 0.4) is 0 Å². The Kier molecular flexibility index (Phi) is 6.89. The van der Waals surface area contributed by atoms with Gasteiger partial charge < -0.3 is 9.84 Å². The van der Waals surface area contributed by atoms with Crippen molar-refractivity contribution in [2.45, 2.75) is 39.3 Å². The molecule has 37 heavy (non-hydrogen) atoms. The number of nitrogens with zero attached hydrogens (tertiary/aromatic N) is 5. The van der Waals surface area contributed by atoms with Crippen LogP contribution in [0, 0.1) is 0 Å². The zero-order valence-electron chi connectivity index (χ0n) is 20.7. The van der Waals surface area contributed by atoms with Crippen molar-refractivity contribution in [3.8, 4) is 39.7 Å². The second-order valence-corrected chi connectivity index (χ2v) is 9.01. The number of hydrogen-bond donors (Lipinski definition) is 1. The highest BCUT2D eigenvalue weighted by atomic mass is 16.5. The first kappa shape index (κ1) is 24.1. The highest BCUT2D eigenvalue weighted by Crippen LogP contribution is 2.28. The van der Waals surface area contributed by atoms with Gasteiger partial charge in [0.15, 0.2) is 11.6 Å². The number of carboxylic acid groups (broad SMARTS) is 1. The van der Waals surface area contributed by atoms with Crippen LogP contribution in [0.1, 0.15) is 26.7 Å². The molecule has 2 heterocycles. The third-order valence-electron chi connectivity index (χ3n) is 5.86. The van der Waals surface area contributed by atoms with Crippen LogP contribution in [0.15, 0.2) is 79.1 Å². The molecule has 0 amide bonds. The lowest BCUT2D eigenvalue weighted by atomic mass is 10.0. The second kappa shape index (κ2) is 10.6. The van der Waals surface area contributed by atoms with Crippen molar-refractivity contribution in [1.82, 2.24) is 24.7 Å². The smallest absolute Gasteiger partial charge is 0.303 e. The van der Waals surface area contributed by atoms with Crippen molar-refractivity contribution in [3.05, 3.63) is 79.1 Å². The maximum Gasteiger partial charge on any atom is 0.303 e. The molecule has 0 saturated heterocycles. The molecule has 0 aliphatic heterocycles. The van der Waals surface area contributed by atoms with Crippen LogP contribution < -0.4 is 4.74 Å². The minimum Gasteiger partial charge on any atom is -0.491 e. The van der Waals surface area contributed by atoms with Gasteiger partial charge in [-0.2, -0.15) is 5.10 Å². The molecule has 1 N–H and O–H groups in total. The number of benzene rings is 3. The predicted octanol–water partition coefficient (Wildman–Crippen LogP) is 5.87. The third-order valence-corrected chi connectivity index (χ3v) is 5.86. The van der Waals surface area contributed by atoms with E-state index >= 15 is 0 Å². The first-order valence-electron chi connectivity index (χ1n) is 12.2. The summed E-state index contributed by atoms with van der Waals surface area (Å²) in [5.41, 5.74) is 5.45. The SMILES string of the molecule is CC(C)Oc1ccc(-c2ccc(-c3nc(-c4ccc5nccnc5c4)nn3CCCC(=O)O)cc2)cc1. The Morgan fingerprint density at radius 3 is 2.16 bits per heavy atom. The van der Waals surface area contributed by atoms with Crippen molar-refractivity contribution in [2.24, 2.45) is 0 Å². The number of fused-ring (bicyclic) bond motifs is 1. The Bertz CT molecular complexity index is 1530. The summed E-state index contributed by atoms with van der Waals surface area (Å²) in [4.78, 5) is 24.6. The fourth-order valence-corrected chi connectivity index (χ4v) is 4.13. The molecule has 0 spiro atoms. The van der Waals surface area contributed by atoms with E-state index in [4.69, 9.17) is 19.9 Å². The molecule has 0 unspecified atom stereocenters. The molecule has 5 aromatic rings. The molecule has 3 aromatic carbocycles. The van der Waals surface area contributed by atoms with E-state index in [1.807, 2.05) is 68.4 Å². The average molecular weight is 494 g/mol. The Labute approximate surface area is 214 Å². The zero-order chi connectivity index (χ0) is 25.8. The van der Waals surface area contributed by atoms with Gasteiger partial charge in [-0.1, -0.05) is 36.4 Å². The van der Waals surface area contributed by atoms with Gasteiger partial charge in [0.25, 0.3) is 0 Å². The summed E-state index contributed by atoms with van der Waals surface area (Å²) in [5, 5.41) is 13.8. The summed E-state index contributed by atoms with van der Waals surface area (Å²) < 4.78 is 7.53. The predicted molar refractivity (Wildman–Crippen MR) is 142 cm³/mol. The molecule has 0 bridgehead atoms. The van der Waals surface area contributed by atoms with Crippen molar-refractivity contribution in [3.63, 3.8) is 0 Å². The van der Waals surface area contributed by atoms with E-state index in [1.54, 1.807) is 17.1 Å². The number of ether oxygens (including phenoxy) is 1. The highest BCUT2D eigenvalue weighted by Gasteiger charge is 2.15. The van der Waals surface area contributed by atoms with Gasteiger partial charge in [0.1, 0.15) is 5.75 Å². The number of aliphatic carboxylic acids is 1. The Balaban J connectivity index is 1.45. The molecule has 0 radical (unpaired) electrons. The molecule has 8 heteroatoms. The van der Waals surface area contributed by atoms with Crippen LogP contribution in [0.5, 0.6) is 5.75 Å². The molecule has 2 aromatic heterocycles. The van der Waals surface area contributed by atoms with Gasteiger partial charge in [-0.25, -0.2) is 9.67 Å². The minimum absolute atomic E-state index is 0.0651. The van der Waals surface area contributed by atoms with E-state index < -0.39 is 5.97 Å². The number of carboxylic acids is 1. The summed E-state index contributed by atoms with van der Waals surface area (Å²) >= 11 is 0. The minimum atomic E-state index is -0.829. The maximum atomic E-state index is 11.1. The molecular formula is C29H27N5O3. The van der Waals surface area contributed by atoms with Crippen LogP contribution in [-0.4, -0.2) is 41.9 Å². The largest absolute Gasteiger partial charge is 0.491 e. The van der Waals surface area contributed by atoms with Gasteiger partial charge in [-0.3, -0.25) is 14.8 Å². The summed E-state index contributed by atoms with van der Waals surface area (Å²) in [6, 6.07) is 21.9. The van der Waals surface area contributed by atoms with Crippen LogP contribution in [0.4, 0.5) is 0 Å². The Hall–Kier alpha value is -4.59. The van der Waals surface area contributed by atoms with E-state index in [1.165, 1.54) is 0 Å². The van der Waals surface area contributed by atoms with Crippen molar-refractivity contribution in [2.75, 3.05) is 0 Å². The number of aryl methyl sites for hydroxylation is 1. The summed E-state index contributed by atoms with van der Waals surface area (Å²) in [7, 11) is 0. The van der Waals surface area contributed by atoms with Gasteiger partial charge in [0.2, 0.25) is 0 Å². The van der Waals surface area contributed by atoms with E-state index in [0.29, 0.717) is 24.6 Å². The fraction of sp³-hybridized carbons (Fsp3) is 0.207. The molecule has 0 atom stereocenters. The highest BCUT2D eigenvalue weighted by molar-refractivity contribution is 5.80. The lowest BCUT2D eigenvalue weighted by Crippen LogP contribution is -2.05. The monoisotopic (exact) mass is 493 g/mol. The van der Waals surface area contributed by atoms with Gasteiger partial charge in [-0.05, 0) is 61.7 Å². The molecule has 0 fully saturated rings. The van der Waals surface area contributed by atoms with Gasteiger partial charge >= 0.3 is 5.97 Å². The van der Waals surface area contributed by atoms with E-state index in [-0.39, 0.29) is 12.5 Å². The standard InChI is InChI=1S/C29H27N5O3/c1-19(2)37-24-12-9-21(10-13-24)20-5-7-22(8-6-20)29-32-28(33-34(29)17-3-4-27(35)36)23-11-14-25-26(18-23)31-16-15-30-25/h5-16,18-19H,3-4,17H2,1-2H3,(H,35,36). The Morgan fingerprint density at radius 1 is 0.865 bits per heavy atom. The van der Waals surface area contributed by atoms with Crippen LogP contribution in [0.2, 0.25) is 0 Å². The Morgan fingerprint density at radius 2 is 1.49 bits per heavy atom. The van der Waals surface area contributed by atoms with Crippen molar-refractivity contribution in [1.29, 1.82) is 0 Å². The molecule has 8 nitrogen and oxygen atoms in total. The maximum absolute atomic E-state index is 11.1. The van der Waals surface area contributed by atoms with Crippen LogP contribution in [-0.2, 0) is 11.3 Å². The molecule has 0 aliphatic rings. The lowest BCUT2D eigenvalue weighted by Gasteiger charge is -2.10. The number of aromatic nitrogens is 5. The van der Waals surface area contributed by atoms with E-state index in [2.05, 4.69) is 22.1 Å². The number of rotatable bonds is 9. The number of carbonyl (C=O) groups is 1. The first-order valence-corrected chi connectivity index (χ1v) is 12.2. The van der Waals surface area contributed by atoms with E-state index in [9.17, 15) is 4.79 Å². The molecular weight excluding hydrogens is 466 g/mol. The zero-order valence-corrected chi connectivity index (χ0v) is 20.7. The summed E-state index contributed by atoms with van der Waals surface area (Å²) in [5.74, 6) is 1.26. The quantitative estimate of drug-likeness (QED) is 0.274. The van der Waals surface area contributed by atoms with Gasteiger partial charge in [-0.15, -0.1) is 0 Å². The second-order valence-electron chi connectivity index (χ2n) is 9.01. The molecule has 186 valence electrons. The van der Waals surface area contributed by atoms with Crippen molar-refractivity contribution >= 4 is 17.0 Å². The van der Waals surface area contributed by atoms with Crippen LogP contribution >= 0.6 is 0 Å². The topological polar surface area (TPSA) is 103 Å². The first-order chi connectivity index (χ1) is 18.0. The lowest BCUT2D eigenvalue weighted by molar-refractivity contribution is -0.137. The van der Waals surface area contributed by atoms with Crippen LogP contribution in [0.25, 0.3) is 44.9 Å². The van der Waals surface area contributed by atoms with Crippen molar-refractivity contribution < 1.29 is 14.6 Å². The number of hydrogen-bond acceptors (Lipinski definition) is 6. The van der Waals surface area contributed by atoms with Gasteiger partial charge in [0, 0.05) is 36.5 Å². The average Bonchev–Trinajstić information content (AvgIpc) is 3.32. The molecule has 0 saturated carbocycles. The third kappa shape index (κ3) is 5.64. The molecule has 0 aliphatic carbocycles. The fourth-order valence-electron chi connectivity index (χ4n) is 4.13. The molecule has 5 rings (SSSR count).